The average Bonchev–Trinajstić information content (AvgIpc) is 2.94. The summed E-state index contributed by atoms with van der Waals surface area (Å²) in [6.07, 6.45) is -1.01. The number of aromatic nitrogens is 4. The van der Waals surface area contributed by atoms with E-state index >= 15 is 4.39 Å². The maximum Gasteiger partial charge on any atom is 0.407 e. The first kappa shape index (κ1) is 30.2. The number of hydrogen-bond donors (Lipinski definition) is 1. The van der Waals surface area contributed by atoms with Gasteiger partial charge in [0, 0.05) is 30.7 Å². The fourth-order valence-electron chi connectivity index (χ4n) is 5.66. The van der Waals surface area contributed by atoms with E-state index in [0.717, 1.165) is 11.1 Å². The largest absolute Gasteiger partial charge is 0.465 e. The first-order valence-corrected chi connectivity index (χ1v) is 14.5. The number of amides is 1. The van der Waals surface area contributed by atoms with E-state index in [-0.39, 0.29) is 46.5 Å². The van der Waals surface area contributed by atoms with E-state index in [0.29, 0.717) is 34.8 Å². The van der Waals surface area contributed by atoms with E-state index < -0.39 is 17.6 Å². The van der Waals surface area contributed by atoms with Crippen LogP contribution < -0.4 is 10.6 Å². The molecule has 1 aromatic carbocycles. The first-order chi connectivity index (χ1) is 20.3. The Morgan fingerprint density at radius 3 is 2.44 bits per heavy atom. The van der Waals surface area contributed by atoms with E-state index in [1.807, 2.05) is 52.5 Å². The highest BCUT2D eigenvalue weighted by Crippen LogP contribution is 2.37. The van der Waals surface area contributed by atoms with Crippen molar-refractivity contribution in [2.45, 2.75) is 59.5 Å². The molecule has 224 valence electrons. The van der Waals surface area contributed by atoms with Crippen molar-refractivity contribution in [3.05, 3.63) is 81.3 Å². The lowest BCUT2D eigenvalue weighted by molar-refractivity contribution is 0.114. The van der Waals surface area contributed by atoms with Crippen LogP contribution in [0.1, 0.15) is 57.5 Å². The van der Waals surface area contributed by atoms with Gasteiger partial charge in [-0.25, -0.2) is 23.5 Å². The molecule has 4 heterocycles. The Morgan fingerprint density at radius 1 is 1.12 bits per heavy atom. The number of carbonyl (C=O) groups is 1. The third kappa shape index (κ3) is 5.35. The smallest absolute Gasteiger partial charge is 0.407 e. The molecule has 1 aliphatic rings. The zero-order chi connectivity index (χ0) is 31.3. The summed E-state index contributed by atoms with van der Waals surface area (Å²) in [5, 5.41) is 10.3. The Bertz CT molecular complexity index is 1840. The second-order valence-electron chi connectivity index (χ2n) is 11.5. The molecule has 2 atom stereocenters. The Balaban J connectivity index is 1.87. The Kier molecular flexibility index (Phi) is 8.00. The predicted molar refractivity (Wildman–Crippen MR) is 168 cm³/mol. The zero-order valence-electron chi connectivity index (χ0n) is 25.0. The highest BCUT2D eigenvalue weighted by Gasteiger charge is 2.35. The van der Waals surface area contributed by atoms with Crippen molar-refractivity contribution < 1.29 is 14.3 Å². The van der Waals surface area contributed by atoms with Crippen LogP contribution in [0.2, 0.25) is 5.02 Å². The number of benzene rings is 1. The molecule has 43 heavy (non-hydrogen) atoms. The highest BCUT2D eigenvalue weighted by atomic mass is 35.5. The fourth-order valence-corrected chi connectivity index (χ4v) is 5.91. The van der Waals surface area contributed by atoms with Gasteiger partial charge in [0.05, 0.1) is 33.2 Å². The number of anilines is 1. The summed E-state index contributed by atoms with van der Waals surface area (Å²) >= 11 is 6.79. The summed E-state index contributed by atoms with van der Waals surface area (Å²) in [5.41, 5.74) is 3.52. The first-order valence-electron chi connectivity index (χ1n) is 14.1. The number of halogens is 2. The number of piperazine rings is 1. The third-order valence-corrected chi connectivity index (χ3v) is 8.14. The molecular formula is C32H34ClFN6O3. The summed E-state index contributed by atoms with van der Waals surface area (Å²) in [5.74, 6) is -0.235. The molecule has 0 saturated carbocycles. The summed E-state index contributed by atoms with van der Waals surface area (Å²) < 4.78 is 16.5. The third-order valence-electron chi connectivity index (χ3n) is 7.85. The number of allylic oxidation sites excluding steroid dienone is 1. The molecule has 4 aromatic rings. The maximum atomic E-state index is 15.0. The van der Waals surface area contributed by atoms with Gasteiger partial charge in [0.1, 0.15) is 11.6 Å². The molecule has 1 N–H and O–H groups in total. The van der Waals surface area contributed by atoms with Gasteiger partial charge >= 0.3 is 11.8 Å². The summed E-state index contributed by atoms with van der Waals surface area (Å²) in [4.78, 5) is 43.5. The second-order valence-corrected chi connectivity index (χ2v) is 11.9. The maximum absolute atomic E-state index is 15.0. The molecule has 0 aliphatic carbocycles. The van der Waals surface area contributed by atoms with Crippen LogP contribution in [-0.4, -0.2) is 60.8 Å². The minimum absolute atomic E-state index is 0.0714. The van der Waals surface area contributed by atoms with Crippen LogP contribution in [0, 0.1) is 12.7 Å². The van der Waals surface area contributed by atoms with E-state index in [4.69, 9.17) is 21.6 Å². The van der Waals surface area contributed by atoms with Crippen LogP contribution in [0.15, 0.2) is 47.8 Å². The van der Waals surface area contributed by atoms with E-state index in [9.17, 15) is 14.7 Å². The Morgan fingerprint density at radius 2 is 1.81 bits per heavy atom. The van der Waals surface area contributed by atoms with Crippen molar-refractivity contribution >= 4 is 40.1 Å². The lowest BCUT2D eigenvalue weighted by atomic mass is 10.0. The standard InChI is InChI=1S/C32H34ClFN6O3/c1-16(2)25-12-18(5)28(26(35-25)17(3)4)40-30-22(13-23(33)27(36-30)21-10-8-9-11-24(21)34)29(37-31(40)41)38-14-20(7)39(32(42)43)15-19(38)6/h8-13,17,19-20H,1,14-15H2,2-7H3,(H,42,43)/t19-,20+/m0/s1. The molecule has 0 unspecified atom stereocenters. The summed E-state index contributed by atoms with van der Waals surface area (Å²) in [6, 6.07) is 9.06. The molecule has 1 fully saturated rings. The minimum Gasteiger partial charge on any atom is -0.465 e. The Hall–Kier alpha value is -4.31. The van der Waals surface area contributed by atoms with Crippen molar-refractivity contribution in [3.63, 3.8) is 0 Å². The molecule has 1 saturated heterocycles. The number of carboxylic acid groups (broad SMARTS) is 1. The van der Waals surface area contributed by atoms with Crippen LogP contribution in [-0.2, 0) is 0 Å². The van der Waals surface area contributed by atoms with Crippen LogP contribution in [0.3, 0.4) is 0 Å². The van der Waals surface area contributed by atoms with Crippen molar-refractivity contribution in [2.24, 2.45) is 0 Å². The number of hydrogen-bond acceptors (Lipinski definition) is 6. The molecule has 0 spiro atoms. The normalized spacial score (nSPS) is 17.1. The van der Waals surface area contributed by atoms with Gasteiger partial charge in [-0.1, -0.05) is 44.2 Å². The van der Waals surface area contributed by atoms with Gasteiger partial charge < -0.3 is 14.9 Å². The monoisotopic (exact) mass is 604 g/mol. The predicted octanol–water partition coefficient (Wildman–Crippen LogP) is 6.68. The van der Waals surface area contributed by atoms with Crippen LogP contribution in [0.5, 0.6) is 0 Å². The minimum atomic E-state index is -1.01. The van der Waals surface area contributed by atoms with Crippen LogP contribution >= 0.6 is 11.6 Å². The second kappa shape index (κ2) is 11.4. The molecule has 5 rings (SSSR count). The van der Waals surface area contributed by atoms with Crippen LogP contribution in [0.25, 0.3) is 33.6 Å². The molecule has 0 bridgehead atoms. The molecule has 11 heteroatoms. The number of rotatable bonds is 5. The van der Waals surface area contributed by atoms with Crippen molar-refractivity contribution in [3.8, 4) is 16.9 Å². The summed E-state index contributed by atoms with van der Waals surface area (Å²) in [6.45, 7) is 16.0. The van der Waals surface area contributed by atoms with Crippen molar-refractivity contribution in [2.75, 3.05) is 18.0 Å². The number of nitrogens with zero attached hydrogens (tertiary/aromatic N) is 6. The highest BCUT2D eigenvalue weighted by molar-refractivity contribution is 6.33. The topological polar surface area (TPSA) is 104 Å². The Labute approximate surface area is 254 Å². The van der Waals surface area contributed by atoms with E-state index in [2.05, 4.69) is 11.6 Å². The average molecular weight is 605 g/mol. The molecule has 1 amide bonds. The van der Waals surface area contributed by atoms with Gasteiger partial charge in [-0.3, -0.25) is 4.98 Å². The number of pyridine rings is 2. The van der Waals surface area contributed by atoms with E-state index in [1.165, 1.54) is 15.5 Å². The van der Waals surface area contributed by atoms with Gasteiger partial charge in [0.25, 0.3) is 0 Å². The molecular weight excluding hydrogens is 571 g/mol. The van der Waals surface area contributed by atoms with Gasteiger partial charge in [-0.05, 0) is 69.0 Å². The van der Waals surface area contributed by atoms with Gasteiger partial charge in [0.2, 0.25) is 0 Å². The molecule has 0 radical (unpaired) electrons. The van der Waals surface area contributed by atoms with Gasteiger partial charge in [-0.2, -0.15) is 4.98 Å². The zero-order valence-corrected chi connectivity index (χ0v) is 25.8. The van der Waals surface area contributed by atoms with E-state index in [1.54, 1.807) is 24.3 Å². The van der Waals surface area contributed by atoms with Crippen molar-refractivity contribution in [1.82, 2.24) is 24.4 Å². The van der Waals surface area contributed by atoms with Gasteiger partial charge in [0.15, 0.2) is 5.65 Å². The lowest BCUT2D eigenvalue weighted by Crippen LogP contribution is -2.58. The summed E-state index contributed by atoms with van der Waals surface area (Å²) in [7, 11) is 0. The quantitative estimate of drug-likeness (QED) is 0.271. The molecule has 3 aromatic heterocycles. The molecule has 1 aliphatic heterocycles. The molecule has 9 nitrogen and oxygen atoms in total. The number of aryl methyl sites for hydroxylation is 1. The lowest BCUT2D eigenvalue weighted by Gasteiger charge is -2.43. The number of fused-ring (bicyclic) bond motifs is 1. The SMILES string of the molecule is C=C(C)c1cc(C)c(-n2c(=O)nc(N3C[C@@H](C)N(C(=O)O)C[C@@H]3C)c3cc(Cl)c(-c4ccccc4F)nc32)c(C(C)C)n1. The van der Waals surface area contributed by atoms with Gasteiger partial charge in [-0.15, -0.1) is 0 Å². The fraction of sp³-hybridized carbons (Fsp3) is 0.344. The van der Waals surface area contributed by atoms with Crippen molar-refractivity contribution in [1.29, 1.82) is 0 Å². The van der Waals surface area contributed by atoms with Crippen LogP contribution in [0.4, 0.5) is 15.0 Å².